The van der Waals surface area contributed by atoms with Gasteiger partial charge < -0.3 is 4.74 Å². The van der Waals surface area contributed by atoms with Gasteiger partial charge in [-0.2, -0.15) is 0 Å². The van der Waals surface area contributed by atoms with Gasteiger partial charge in [-0.25, -0.2) is 13.1 Å². The molecule has 0 heterocycles. The summed E-state index contributed by atoms with van der Waals surface area (Å²) in [7, 11) is -3.52. The molecule has 0 radical (unpaired) electrons. The molecule has 1 N–H and O–H groups in total. The van der Waals surface area contributed by atoms with Gasteiger partial charge in [0.2, 0.25) is 10.0 Å². The van der Waals surface area contributed by atoms with E-state index in [1.54, 1.807) is 24.3 Å². The summed E-state index contributed by atoms with van der Waals surface area (Å²) in [6, 6.07) is 15.9. The van der Waals surface area contributed by atoms with E-state index in [-0.39, 0.29) is 18.0 Å². The van der Waals surface area contributed by atoms with Crippen molar-refractivity contribution in [3.05, 3.63) is 59.1 Å². The number of sulfonamides is 1. The fourth-order valence-corrected chi connectivity index (χ4v) is 3.62. The van der Waals surface area contributed by atoms with E-state index in [4.69, 9.17) is 4.74 Å². The molecule has 0 atom stereocenters. The Balaban J connectivity index is 1.89. The lowest BCUT2D eigenvalue weighted by Gasteiger charge is -2.09. The lowest BCUT2D eigenvalue weighted by Crippen LogP contribution is -2.28. The quantitative estimate of drug-likeness (QED) is 0.810. The highest BCUT2D eigenvalue weighted by molar-refractivity contribution is 9.10. The second-order valence-electron chi connectivity index (χ2n) is 3.99. The fraction of sp³-hybridized carbons (Fsp3) is 0.143. The Hall–Kier alpha value is -1.37. The van der Waals surface area contributed by atoms with Crippen LogP contribution in [-0.4, -0.2) is 21.6 Å². The molecule has 2 aromatic rings. The largest absolute Gasteiger partial charge is 0.492 e. The molecule has 0 unspecified atom stereocenters. The van der Waals surface area contributed by atoms with Crippen molar-refractivity contribution in [1.82, 2.24) is 4.72 Å². The van der Waals surface area contributed by atoms with E-state index in [1.165, 1.54) is 0 Å². The molecule has 0 aliphatic heterocycles. The van der Waals surface area contributed by atoms with Crippen LogP contribution in [0.4, 0.5) is 0 Å². The van der Waals surface area contributed by atoms with Crippen molar-refractivity contribution in [3.8, 4) is 5.75 Å². The highest BCUT2D eigenvalue weighted by Gasteiger charge is 2.16. The van der Waals surface area contributed by atoms with Crippen LogP contribution in [0.2, 0.25) is 0 Å². The van der Waals surface area contributed by atoms with Crippen molar-refractivity contribution in [1.29, 1.82) is 0 Å². The summed E-state index contributed by atoms with van der Waals surface area (Å²) in [6.45, 7) is 0.478. The lowest BCUT2D eigenvalue weighted by molar-refractivity contribution is 0.323. The van der Waals surface area contributed by atoms with Crippen LogP contribution < -0.4 is 9.46 Å². The molecule has 0 aliphatic rings. The van der Waals surface area contributed by atoms with E-state index in [0.29, 0.717) is 10.2 Å². The van der Waals surface area contributed by atoms with Gasteiger partial charge in [0.15, 0.2) is 0 Å². The molecule has 0 bridgehead atoms. The van der Waals surface area contributed by atoms with Gasteiger partial charge in [-0.05, 0) is 40.2 Å². The first-order valence-electron chi connectivity index (χ1n) is 6.01. The van der Waals surface area contributed by atoms with Crippen LogP contribution in [0.15, 0.2) is 64.0 Å². The zero-order chi connectivity index (χ0) is 14.4. The van der Waals surface area contributed by atoms with Crippen molar-refractivity contribution in [3.63, 3.8) is 0 Å². The molecular weight excluding hydrogens is 342 g/mol. The number of benzene rings is 2. The lowest BCUT2D eigenvalue weighted by atomic mass is 10.3. The maximum Gasteiger partial charge on any atom is 0.241 e. The van der Waals surface area contributed by atoms with Gasteiger partial charge in [0.1, 0.15) is 12.4 Å². The standard InChI is InChI=1S/C14H14BrNO3S/c15-13-8-4-5-9-14(13)20(17,18)16-10-11-19-12-6-2-1-3-7-12/h1-9,16H,10-11H2. The van der Waals surface area contributed by atoms with Gasteiger partial charge >= 0.3 is 0 Å². The second kappa shape index (κ2) is 6.88. The van der Waals surface area contributed by atoms with E-state index in [2.05, 4.69) is 20.7 Å². The Morgan fingerprint density at radius 2 is 1.65 bits per heavy atom. The van der Waals surface area contributed by atoms with E-state index in [1.807, 2.05) is 30.3 Å². The molecule has 2 aromatic carbocycles. The van der Waals surface area contributed by atoms with E-state index >= 15 is 0 Å². The minimum atomic E-state index is -3.52. The van der Waals surface area contributed by atoms with Gasteiger partial charge in [0.05, 0.1) is 4.90 Å². The summed E-state index contributed by atoms with van der Waals surface area (Å²) >= 11 is 3.23. The van der Waals surface area contributed by atoms with Crippen molar-refractivity contribution in [2.75, 3.05) is 13.2 Å². The fourth-order valence-electron chi connectivity index (χ4n) is 1.60. The minimum Gasteiger partial charge on any atom is -0.492 e. The van der Waals surface area contributed by atoms with Crippen molar-refractivity contribution >= 4 is 26.0 Å². The van der Waals surface area contributed by atoms with Crippen molar-refractivity contribution in [2.24, 2.45) is 0 Å². The molecule has 0 amide bonds. The summed E-state index contributed by atoms with van der Waals surface area (Å²) in [5.41, 5.74) is 0. The molecule has 6 heteroatoms. The highest BCUT2D eigenvalue weighted by Crippen LogP contribution is 2.20. The molecule has 20 heavy (non-hydrogen) atoms. The molecule has 4 nitrogen and oxygen atoms in total. The number of para-hydroxylation sites is 1. The summed E-state index contributed by atoms with van der Waals surface area (Å²) in [5, 5.41) is 0. The van der Waals surface area contributed by atoms with Crippen LogP contribution in [0.5, 0.6) is 5.75 Å². The summed E-state index contributed by atoms with van der Waals surface area (Å²) < 4.78 is 32.6. The van der Waals surface area contributed by atoms with Crippen molar-refractivity contribution < 1.29 is 13.2 Å². The first kappa shape index (κ1) is 15.0. The number of ether oxygens (including phenoxy) is 1. The Morgan fingerprint density at radius 3 is 2.35 bits per heavy atom. The minimum absolute atomic E-state index is 0.207. The SMILES string of the molecule is O=S(=O)(NCCOc1ccccc1)c1ccccc1Br. The molecule has 0 fully saturated rings. The first-order chi connectivity index (χ1) is 9.59. The van der Waals surface area contributed by atoms with Gasteiger partial charge in [-0.3, -0.25) is 0 Å². The third-order valence-electron chi connectivity index (χ3n) is 2.53. The van der Waals surface area contributed by atoms with Gasteiger partial charge in [-0.15, -0.1) is 0 Å². The average Bonchev–Trinajstić information content (AvgIpc) is 2.45. The molecule has 0 aliphatic carbocycles. The van der Waals surface area contributed by atoms with Crippen LogP contribution >= 0.6 is 15.9 Å². The third-order valence-corrected chi connectivity index (χ3v) is 5.01. The molecule has 2 rings (SSSR count). The number of hydrogen-bond donors (Lipinski definition) is 1. The first-order valence-corrected chi connectivity index (χ1v) is 8.29. The van der Waals surface area contributed by atoms with Crippen LogP contribution in [0, 0.1) is 0 Å². The zero-order valence-electron chi connectivity index (χ0n) is 10.6. The molecule has 106 valence electrons. The smallest absolute Gasteiger partial charge is 0.241 e. The average molecular weight is 356 g/mol. The summed E-state index contributed by atoms with van der Waals surface area (Å²) in [6.07, 6.45) is 0. The summed E-state index contributed by atoms with van der Waals surface area (Å²) in [5.74, 6) is 0.715. The van der Waals surface area contributed by atoms with Gasteiger partial charge in [0.25, 0.3) is 0 Å². The van der Waals surface area contributed by atoms with Crippen LogP contribution in [0.1, 0.15) is 0 Å². The van der Waals surface area contributed by atoms with Crippen LogP contribution in [-0.2, 0) is 10.0 Å². The third kappa shape index (κ3) is 4.06. The predicted molar refractivity (Wildman–Crippen MR) is 81.3 cm³/mol. The molecule has 0 saturated heterocycles. The maximum atomic E-state index is 12.1. The zero-order valence-corrected chi connectivity index (χ0v) is 13.0. The molecular formula is C14H14BrNO3S. The predicted octanol–water partition coefficient (Wildman–Crippen LogP) is 2.81. The van der Waals surface area contributed by atoms with Crippen LogP contribution in [0.3, 0.4) is 0 Å². The number of hydrogen-bond acceptors (Lipinski definition) is 3. The van der Waals surface area contributed by atoms with Crippen LogP contribution in [0.25, 0.3) is 0 Å². The Kier molecular flexibility index (Phi) is 5.17. The molecule has 0 spiro atoms. The number of nitrogens with one attached hydrogen (secondary N) is 1. The monoisotopic (exact) mass is 355 g/mol. The van der Waals surface area contributed by atoms with E-state index < -0.39 is 10.0 Å². The summed E-state index contributed by atoms with van der Waals surface area (Å²) in [4.78, 5) is 0.222. The normalized spacial score (nSPS) is 11.2. The van der Waals surface area contributed by atoms with E-state index in [9.17, 15) is 8.42 Å². The van der Waals surface area contributed by atoms with Gasteiger partial charge in [0, 0.05) is 11.0 Å². The van der Waals surface area contributed by atoms with Gasteiger partial charge in [-0.1, -0.05) is 30.3 Å². The number of halogens is 1. The topological polar surface area (TPSA) is 55.4 Å². The highest BCUT2D eigenvalue weighted by atomic mass is 79.9. The second-order valence-corrected chi connectivity index (χ2v) is 6.58. The number of rotatable bonds is 6. The molecule has 0 aromatic heterocycles. The van der Waals surface area contributed by atoms with Crippen molar-refractivity contribution in [2.45, 2.75) is 4.90 Å². The molecule has 0 saturated carbocycles. The Labute approximate surface area is 127 Å². The maximum absolute atomic E-state index is 12.1. The Morgan fingerprint density at radius 1 is 1.00 bits per heavy atom. The van der Waals surface area contributed by atoms with E-state index in [0.717, 1.165) is 0 Å². The Bertz CT molecular complexity index is 659.